The Balaban J connectivity index is 1.17. The highest BCUT2D eigenvalue weighted by atomic mass is 35.5. The van der Waals surface area contributed by atoms with Crippen molar-refractivity contribution in [2.75, 3.05) is 38.1 Å². The van der Waals surface area contributed by atoms with E-state index in [9.17, 15) is 13.2 Å². The molecular formula is C26H31ClN4O4S. The number of benzene rings is 2. The summed E-state index contributed by atoms with van der Waals surface area (Å²) in [7, 11) is -3.50. The average molecular weight is 531 g/mol. The highest BCUT2D eigenvalue weighted by Gasteiger charge is 2.27. The lowest BCUT2D eigenvalue weighted by molar-refractivity contribution is -0.123. The normalized spacial score (nSPS) is 15.1. The predicted octanol–water partition coefficient (Wildman–Crippen LogP) is 4.31. The van der Waals surface area contributed by atoms with E-state index >= 15 is 0 Å². The summed E-state index contributed by atoms with van der Waals surface area (Å²) in [6, 6.07) is 13.7. The van der Waals surface area contributed by atoms with Crippen molar-refractivity contribution in [3.63, 3.8) is 0 Å². The molecule has 1 aliphatic rings. The summed E-state index contributed by atoms with van der Waals surface area (Å²) in [4.78, 5) is 16.7. The van der Waals surface area contributed by atoms with Gasteiger partial charge in [-0.1, -0.05) is 18.5 Å². The van der Waals surface area contributed by atoms with Crippen molar-refractivity contribution in [3.05, 3.63) is 59.8 Å². The Hall–Kier alpha value is -2.88. The van der Waals surface area contributed by atoms with E-state index in [1.54, 1.807) is 18.3 Å². The fourth-order valence-corrected chi connectivity index (χ4v) is 5.73. The number of sulfonamides is 1. The summed E-state index contributed by atoms with van der Waals surface area (Å²) in [5, 5.41) is 7.83. The van der Waals surface area contributed by atoms with Crippen molar-refractivity contribution in [2.45, 2.75) is 31.1 Å². The molecule has 0 atom stereocenters. The number of nitrogens with one attached hydrogen (secondary N) is 2. The van der Waals surface area contributed by atoms with E-state index in [4.69, 9.17) is 16.3 Å². The average Bonchev–Trinajstić information content (AvgIpc) is 2.87. The number of anilines is 1. The van der Waals surface area contributed by atoms with Gasteiger partial charge < -0.3 is 15.4 Å². The topological polar surface area (TPSA) is 101 Å². The number of aromatic nitrogens is 1. The van der Waals surface area contributed by atoms with Crippen molar-refractivity contribution in [3.8, 4) is 5.75 Å². The maximum absolute atomic E-state index is 12.8. The van der Waals surface area contributed by atoms with Gasteiger partial charge in [-0.2, -0.15) is 4.31 Å². The minimum Gasteiger partial charge on any atom is -0.484 e. The number of pyridine rings is 1. The molecule has 0 unspecified atom stereocenters. The largest absolute Gasteiger partial charge is 0.484 e. The Morgan fingerprint density at radius 1 is 1.11 bits per heavy atom. The summed E-state index contributed by atoms with van der Waals surface area (Å²) in [5.74, 6) is 0.761. The first-order valence-electron chi connectivity index (χ1n) is 12.1. The molecule has 1 fully saturated rings. The molecule has 8 nitrogen and oxygen atoms in total. The molecule has 36 heavy (non-hydrogen) atoms. The highest BCUT2D eigenvalue weighted by Crippen LogP contribution is 2.25. The predicted molar refractivity (Wildman–Crippen MR) is 142 cm³/mol. The smallest absolute Gasteiger partial charge is 0.257 e. The molecule has 1 saturated heterocycles. The van der Waals surface area contributed by atoms with Crippen LogP contribution in [0, 0.1) is 5.92 Å². The molecule has 0 bridgehead atoms. The van der Waals surface area contributed by atoms with Crippen LogP contribution in [0.15, 0.2) is 59.6 Å². The van der Waals surface area contributed by atoms with E-state index < -0.39 is 10.0 Å². The summed E-state index contributed by atoms with van der Waals surface area (Å²) in [5.41, 5.74) is 1.79. The van der Waals surface area contributed by atoms with Crippen molar-refractivity contribution in [2.24, 2.45) is 5.92 Å². The Bertz CT molecular complexity index is 1290. The third kappa shape index (κ3) is 6.66. The number of carbonyl (C=O) groups is 1. The minimum atomic E-state index is -3.50. The van der Waals surface area contributed by atoms with Gasteiger partial charge in [-0.25, -0.2) is 8.42 Å². The molecule has 2 aromatic carbocycles. The van der Waals surface area contributed by atoms with Gasteiger partial charge in [-0.15, -0.1) is 0 Å². The first-order chi connectivity index (χ1) is 17.3. The van der Waals surface area contributed by atoms with Crippen LogP contribution >= 0.6 is 11.6 Å². The molecule has 0 saturated carbocycles. The SMILES string of the molecule is CC1CCN(S(=O)(=O)c2ccc(OCC(=O)NCCCNc3ccnc4cc(Cl)ccc34)cc2)CC1. The van der Waals surface area contributed by atoms with E-state index in [0.29, 0.717) is 42.9 Å². The van der Waals surface area contributed by atoms with Gasteiger partial charge in [0.1, 0.15) is 5.75 Å². The number of piperidine rings is 1. The van der Waals surface area contributed by atoms with Gasteiger partial charge in [0.05, 0.1) is 10.4 Å². The molecule has 2 N–H and O–H groups in total. The summed E-state index contributed by atoms with van der Waals surface area (Å²) < 4.78 is 32.7. The van der Waals surface area contributed by atoms with Crippen molar-refractivity contribution in [1.29, 1.82) is 0 Å². The van der Waals surface area contributed by atoms with Crippen molar-refractivity contribution in [1.82, 2.24) is 14.6 Å². The third-order valence-corrected chi connectivity index (χ3v) is 8.42. The Kier molecular flexibility index (Phi) is 8.66. The fourth-order valence-electron chi connectivity index (χ4n) is 4.10. The Morgan fingerprint density at radius 2 is 1.86 bits per heavy atom. The molecule has 0 spiro atoms. The van der Waals surface area contributed by atoms with Crippen LogP contribution in [0.2, 0.25) is 5.02 Å². The monoisotopic (exact) mass is 530 g/mol. The van der Waals surface area contributed by atoms with Gasteiger partial charge in [0.15, 0.2) is 6.61 Å². The maximum atomic E-state index is 12.8. The number of ether oxygens (including phenoxy) is 1. The van der Waals surface area contributed by atoms with Crippen molar-refractivity contribution >= 4 is 44.1 Å². The van der Waals surface area contributed by atoms with Gasteiger partial charge in [0.25, 0.3) is 5.91 Å². The number of fused-ring (bicyclic) bond motifs is 1. The van der Waals surface area contributed by atoms with Crippen LogP contribution in [0.1, 0.15) is 26.2 Å². The van der Waals surface area contributed by atoms with Gasteiger partial charge >= 0.3 is 0 Å². The van der Waals surface area contributed by atoms with E-state index in [1.807, 2.05) is 24.3 Å². The van der Waals surface area contributed by atoms with E-state index in [0.717, 1.165) is 35.9 Å². The molecule has 192 valence electrons. The molecule has 3 aromatic rings. The molecular weight excluding hydrogens is 500 g/mol. The van der Waals surface area contributed by atoms with Crippen molar-refractivity contribution < 1.29 is 17.9 Å². The van der Waals surface area contributed by atoms with Gasteiger partial charge in [-0.3, -0.25) is 9.78 Å². The van der Waals surface area contributed by atoms with Crippen LogP contribution in [-0.2, 0) is 14.8 Å². The van der Waals surface area contributed by atoms with Crippen LogP contribution in [0.5, 0.6) is 5.75 Å². The van der Waals surface area contributed by atoms with Gasteiger partial charge in [0.2, 0.25) is 10.0 Å². The van der Waals surface area contributed by atoms with Crippen LogP contribution in [0.25, 0.3) is 10.9 Å². The van der Waals surface area contributed by atoms with Gasteiger partial charge in [-0.05, 0) is 73.7 Å². The summed E-state index contributed by atoms with van der Waals surface area (Å²) in [6.45, 7) is 4.27. The number of carbonyl (C=O) groups excluding carboxylic acids is 1. The summed E-state index contributed by atoms with van der Waals surface area (Å²) >= 11 is 6.03. The number of hydrogen-bond donors (Lipinski definition) is 2. The van der Waals surface area contributed by atoms with Crippen LogP contribution in [0.4, 0.5) is 5.69 Å². The molecule has 0 aliphatic carbocycles. The number of rotatable bonds is 10. The van der Waals surface area contributed by atoms with Crippen LogP contribution in [0.3, 0.4) is 0 Å². The lowest BCUT2D eigenvalue weighted by Crippen LogP contribution is -2.37. The molecule has 1 aromatic heterocycles. The minimum absolute atomic E-state index is 0.140. The lowest BCUT2D eigenvalue weighted by atomic mass is 10.0. The molecule has 10 heteroatoms. The second-order valence-corrected chi connectivity index (χ2v) is 11.4. The van der Waals surface area contributed by atoms with E-state index in [1.165, 1.54) is 16.4 Å². The molecule has 1 amide bonds. The standard InChI is InChI=1S/C26H31ClN4O4S/c1-19-10-15-31(16-11-19)36(33,34)22-6-4-21(5-7-22)35-18-26(32)30-13-2-12-28-24-9-14-29-25-17-20(27)3-8-23(24)25/h3-9,14,17,19H,2,10-13,15-16,18H2,1H3,(H,28,29)(H,30,32). The fraction of sp³-hybridized carbons (Fsp3) is 0.385. The first kappa shape index (κ1) is 26.2. The molecule has 2 heterocycles. The van der Waals surface area contributed by atoms with E-state index in [2.05, 4.69) is 22.5 Å². The van der Waals surface area contributed by atoms with Crippen LogP contribution in [-0.4, -0.2) is 56.4 Å². The lowest BCUT2D eigenvalue weighted by Gasteiger charge is -2.29. The number of nitrogens with zero attached hydrogens (tertiary/aromatic N) is 2. The van der Waals surface area contributed by atoms with Gasteiger partial charge in [0, 0.05) is 48.5 Å². The number of halogens is 1. The zero-order valence-electron chi connectivity index (χ0n) is 20.2. The number of hydrogen-bond acceptors (Lipinski definition) is 6. The number of amides is 1. The third-order valence-electron chi connectivity index (χ3n) is 6.27. The van der Waals surface area contributed by atoms with E-state index in [-0.39, 0.29) is 17.4 Å². The Morgan fingerprint density at radius 3 is 2.61 bits per heavy atom. The zero-order valence-corrected chi connectivity index (χ0v) is 21.8. The second kappa shape index (κ2) is 11.9. The maximum Gasteiger partial charge on any atom is 0.257 e. The molecule has 4 rings (SSSR count). The second-order valence-electron chi connectivity index (χ2n) is 9.00. The Labute approximate surface area is 217 Å². The first-order valence-corrected chi connectivity index (χ1v) is 13.9. The van der Waals surface area contributed by atoms with Crippen LogP contribution < -0.4 is 15.4 Å². The summed E-state index contributed by atoms with van der Waals surface area (Å²) in [6.07, 6.45) is 4.21. The highest BCUT2D eigenvalue weighted by molar-refractivity contribution is 7.89. The zero-order chi connectivity index (χ0) is 25.5. The quantitative estimate of drug-likeness (QED) is 0.379. The molecule has 1 aliphatic heterocycles. The molecule has 0 radical (unpaired) electrons.